The summed E-state index contributed by atoms with van der Waals surface area (Å²) in [5.41, 5.74) is 12.1. The van der Waals surface area contributed by atoms with Gasteiger partial charge in [0.2, 0.25) is 0 Å². The number of Topliss-reactive ketones (excluding diaryl/α,β-unsaturated/α-hetero) is 2. The van der Waals surface area contributed by atoms with E-state index in [2.05, 4.69) is 0 Å². The van der Waals surface area contributed by atoms with Gasteiger partial charge in [-0.2, -0.15) is 0 Å². The molecule has 4 N–H and O–H groups in total. The van der Waals surface area contributed by atoms with E-state index in [0.29, 0.717) is 11.1 Å². The van der Waals surface area contributed by atoms with Crippen molar-refractivity contribution in [2.75, 3.05) is 0 Å². The fourth-order valence-corrected chi connectivity index (χ4v) is 2.81. The van der Waals surface area contributed by atoms with Gasteiger partial charge >= 0.3 is 0 Å². The Labute approximate surface area is 108 Å². The van der Waals surface area contributed by atoms with Crippen molar-refractivity contribution in [2.45, 2.75) is 11.8 Å². The lowest BCUT2D eigenvalue weighted by Crippen LogP contribution is -2.41. The molecule has 19 heavy (non-hydrogen) atoms. The van der Waals surface area contributed by atoms with Crippen LogP contribution in [0, 0.1) is 0 Å². The first-order valence-corrected chi connectivity index (χ1v) is 5.91. The summed E-state index contributed by atoms with van der Waals surface area (Å²) in [6, 6.07) is 6.67. The first-order valence-electron chi connectivity index (χ1n) is 5.91. The van der Waals surface area contributed by atoms with Crippen molar-refractivity contribution in [3.05, 3.63) is 58.3 Å². The Kier molecular flexibility index (Phi) is 1.69. The lowest BCUT2D eigenvalue weighted by atomic mass is 9.77. The average molecular weight is 254 g/mol. The van der Waals surface area contributed by atoms with E-state index in [1.807, 2.05) is 0 Å². The normalized spacial score (nSPS) is 31.4. The molecular weight excluding hydrogens is 244 g/mol. The highest BCUT2D eigenvalue weighted by Crippen LogP contribution is 2.48. The number of carbonyl (C=O) groups excluding carboxylic acids is 2. The standard InChI is InChI=1S/C14H10N2O3/c15-8-5-9-14(16,19-9)11-10(8)12(17)6-3-1-2-4-7(6)13(11)18/h1-5,9H,15-16H2. The minimum atomic E-state index is -1.18. The van der Waals surface area contributed by atoms with Crippen molar-refractivity contribution in [1.82, 2.24) is 0 Å². The van der Waals surface area contributed by atoms with Crippen LogP contribution in [0.2, 0.25) is 0 Å². The maximum atomic E-state index is 12.5. The second-order valence-corrected chi connectivity index (χ2v) is 4.91. The number of epoxide rings is 1. The van der Waals surface area contributed by atoms with Crippen molar-refractivity contribution in [2.24, 2.45) is 11.5 Å². The van der Waals surface area contributed by atoms with Crippen molar-refractivity contribution >= 4 is 11.6 Å². The molecule has 2 unspecified atom stereocenters. The molecule has 0 bridgehead atoms. The van der Waals surface area contributed by atoms with E-state index in [1.54, 1.807) is 30.3 Å². The van der Waals surface area contributed by atoms with Crippen molar-refractivity contribution in [3.63, 3.8) is 0 Å². The lowest BCUT2D eigenvalue weighted by molar-refractivity contribution is 0.0961. The maximum absolute atomic E-state index is 12.5. The summed E-state index contributed by atoms with van der Waals surface area (Å²) in [5.74, 6) is -0.538. The number of fused-ring (bicyclic) bond motifs is 3. The lowest BCUT2D eigenvalue weighted by Gasteiger charge is -2.25. The number of carbonyl (C=O) groups is 2. The van der Waals surface area contributed by atoms with Gasteiger partial charge in [0.25, 0.3) is 0 Å². The molecule has 1 aromatic rings. The van der Waals surface area contributed by atoms with Gasteiger partial charge in [-0.3, -0.25) is 15.3 Å². The fourth-order valence-electron chi connectivity index (χ4n) is 2.81. The van der Waals surface area contributed by atoms with Crippen LogP contribution in [0.4, 0.5) is 0 Å². The molecule has 0 saturated carbocycles. The van der Waals surface area contributed by atoms with E-state index >= 15 is 0 Å². The molecule has 3 aliphatic rings. The molecule has 2 aliphatic carbocycles. The minimum absolute atomic E-state index is 0.194. The Bertz CT molecular complexity index is 732. The van der Waals surface area contributed by atoms with Gasteiger partial charge in [-0.05, 0) is 6.08 Å². The van der Waals surface area contributed by atoms with Crippen LogP contribution in [0.25, 0.3) is 0 Å². The average Bonchev–Trinajstić information content (AvgIpc) is 3.05. The molecule has 0 amide bonds. The van der Waals surface area contributed by atoms with Crippen LogP contribution in [-0.4, -0.2) is 23.4 Å². The van der Waals surface area contributed by atoms with Crippen molar-refractivity contribution in [1.29, 1.82) is 0 Å². The molecule has 0 aromatic heterocycles. The summed E-state index contributed by atoms with van der Waals surface area (Å²) in [7, 11) is 0. The predicted molar refractivity (Wildman–Crippen MR) is 66.2 cm³/mol. The number of rotatable bonds is 0. The Balaban J connectivity index is 2.04. The first kappa shape index (κ1) is 10.7. The van der Waals surface area contributed by atoms with Crippen molar-refractivity contribution in [3.8, 4) is 0 Å². The number of nitrogens with two attached hydrogens (primary N) is 2. The smallest absolute Gasteiger partial charge is 0.196 e. The summed E-state index contributed by atoms with van der Waals surface area (Å²) in [6.45, 7) is 0. The highest BCUT2D eigenvalue weighted by molar-refractivity contribution is 6.29. The third-order valence-electron chi connectivity index (χ3n) is 3.82. The van der Waals surface area contributed by atoms with E-state index in [4.69, 9.17) is 16.2 Å². The third-order valence-corrected chi connectivity index (χ3v) is 3.82. The van der Waals surface area contributed by atoms with E-state index in [-0.39, 0.29) is 28.4 Å². The molecule has 1 heterocycles. The van der Waals surface area contributed by atoms with Gasteiger partial charge in [0.15, 0.2) is 17.3 Å². The summed E-state index contributed by atoms with van der Waals surface area (Å²) >= 11 is 0. The minimum Gasteiger partial charge on any atom is -0.398 e. The highest BCUT2D eigenvalue weighted by Gasteiger charge is 2.62. The molecular formula is C14H10N2O3. The van der Waals surface area contributed by atoms with E-state index in [9.17, 15) is 9.59 Å². The topological polar surface area (TPSA) is 98.7 Å². The number of benzene rings is 1. The zero-order valence-electron chi connectivity index (χ0n) is 9.84. The molecule has 1 saturated heterocycles. The van der Waals surface area contributed by atoms with E-state index < -0.39 is 11.8 Å². The Morgan fingerprint density at radius 2 is 1.74 bits per heavy atom. The van der Waals surface area contributed by atoms with Crippen molar-refractivity contribution < 1.29 is 14.3 Å². The second-order valence-electron chi connectivity index (χ2n) is 4.91. The number of allylic oxidation sites excluding steroid dienone is 1. The SMILES string of the molecule is NC1=CC2OC2(N)C2=C1C(=O)c1ccccc1C2=O. The molecule has 0 radical (unpaired) electrons. The quantitative estimate of drug-likeness (QED) is 0.647. The monoisotopic (exact) mass is 254 g/mol. The van der Waals surface area contributed by atoms with Gasteiger partial charge in [-0.15, -0.1) is 0 Å². The molecule has 1 fully saturated rings. The van der Waals surface area contributed by atoms with E-state index in [1.165, 1.54) is 0 Å². The molecule has 5 heteroatoms. The molecule has 2 atom stereocenters. The Morgan fingerprint density at radius 3 is 2.42 bits per heavy atom. The molecule has 1 aromatic carbocycles. The molecule has 0 spiro atoms. The van der Waals surface area contributed by atoms with Gasteiger partial charge < -0.3 is 10.5 Å². The maximum Gasteiger partial charge on any atom is 0.196 e. The Morgan fingerprint density at radius 1 is 1.11 bits per heavy atom. The summed E-state index contributed by atoms with van der Waals surface area (Å²) in [4.78, 5) is 25.0. The number of ketones is 2. The van der Waals surface area contributed by atoms with Gasteiger partial charge in [0, 0.05) is 16.8 Å². The van der Waals surface area contributed by atoms with Crippen LogP contribution in [0.3, 0.4) is 0 Å². The zero-order chi connectivity index (χ0) is 13.4. The fraction of sp³-hybridized carbons (Fsp3) is 0.143. The van der Waals surface area contributed by atoms with Gasteiger partial charge in [-0.1, -0.05) is 24.3 Å². The van der Waals surface area contributed by atoms with Crippen LogP contribution in [0.15, 0.2) is 47.2 Å². The van der Waals surface area contributed by atoms with Crippen LogP contribution >= 0.6 is 0 Å². The van der Waals surface area contributed by atoms with E-state index in [0.717, 1.165) is 0 Å². The second kappa shape index (κ2) is 3.01. The third kappa shape index (κ3) is 1.11. The predicted octanol–water partition coefficient (Wildman–Crippen LogP) is 0.272. The van der Waals surface area contributed by atoms with Crippen LogP contribution < -0.4 is 11.5 Å². The van der Waals surface area contributed by atoms with Gasteiger partial charge in [0.05, 0.1) is 11.1 Å². The molecule has 94 valence electrons. The summed E-state index contributed by atoms with van der Waals surface area (Å²) in [5, 5.41) is 0. The largest absolute Gasteiger partial charge is 0.398 e. The van der Waals surface area contributed by atoms with Crippen LogP contribution in [0.5, 0.6) is 0 Å². The number of hydrogen-bond acceptors (Lipinski definition) is 5. The highest BCUT2D eigenvalue weighted by atomic mass is 16.6. The molecule has 1 aliphatic heterocycles. The molecule has 5 nitrogen and oxygen atoms in total. The molecule has 4 rings (SSSR count). The Hall–Kier alpha value is -2.24. The van der Waals surface area contributed by atoms with Crippen LogP contribution in [0.1, 0.15) is 20.7 Å². The van der Waals surface area contributed by atoms with Gasteiger partial charge in [-0.25, -0.2) is 0 Å². The number of ether oxygens (including phenoxy) is 1. The van der Waals surface area contributed by atoms with Gasteiger partial charge in [0.1, 0.15) is 6.10 Å². The summed E-state index contributed by atoms with van der Waals surface area (Å²) < 4.78 is 5.33. The number of hydrogen-bond donors (Lipinski definition) is 2. The zero-order valence-corrected chi connectivity index (χ0v) is 9.84. The first-order chi connectivity index (χ1) is 9.04. The summed E-state index contributed by atoms with van der Waals surface area (Å²) in [6.07, 6.45) is 1.19. The van der Waals surface area contributed by atoms with Crippen LogP contribution in [-0.2, 0) is 4.74 Å².